The summed E-state index contributed by atoms with van der Waals surface area (Å²) < 4.78 is 0. The molecule has 0 aromatic carbocycles. The summed E-state index contributed by atoms with van der Waals surface area (Å²) in [5, 5.41) is 13.5. The van der Waals surface area contributed by atoms with Gasteiger partial charge in [-0.15, -0.1) is 0 Å². The van der Waals surface area contributed by atoms with Gasteiger partial charge in [0.15, 0.2) is 0 Å². The van der Waals surface area contributed by atoms with Gasteiger partial charge in [-0.25, -0.2) is 0 Å². The molecule has 0 radical (unpaired) electrons. The van der Waals surface area contributed by atoms with E-state index in [2.05, 4.69) is 16.8 Å². The Morgan fingerprint density at radius 1 is 1.41 bits per heavy atom. The second-order valence-electron chi connectivity index (χ2n) is 6.03. The molecule has 0 amide bonds. The van der Waals surface area contributed by atoms with E-state index in [-0.39, 0.29) is 0 Å². The highest BCUT2D eigenvalue weighted by atomic mass is 16.3. The molecule has 3 heteroatoms. The van der Waals surface area contributed by atoms with Crippen molar-refractivity contribution in [2.24, 2.45) is 0 Å². The third kappa shape index (κ3) is 4.78. The quantitative estimate of drug-likeness (QED) is 0.713. The van der Waals surface area contributed by atoms with Gasteiger partial charge in [0.1, 0.15) is 0 Å². The molecule has 1 atom stereocenters. The normalized spacial score (nSPS) is 31.2. The van der Waals surface area contributed by atoms with E-state index in [1.165, 1.54) is 18.4 Å². The van der Waals surface area contributed by atoms with Crippen LogP contribution in [0.5, 0.6) is 0 Å². The van der Waals surface area contributed by atoms with Crippen LogP contribution in [0.25, 0.3) is 0 Å². The monoisotopic (exact) mass is 238 g/mol. The van der Waals surface area contributed by atoms with E-state index in [1.807, 2.05) is 6.92 Å². The predicted molar refractivity (Wildman–Crippen MR) is 71.1 cm³/mol. The molecular formula is C14H26N2O. The average molecular weight is 238 g/mol. The van der Waals surface area contributed by atoms with Crippen molar-refractivity contribution in [3.8, 4) is 0 Å². The van der Waals surface area contributed by atoms with E-state index in [0.29, 0.717) is 0 Å². The van der Waals surface area contributed by atoms with E-state index < -0.39 is 5.60 Å². The molecule has 1 aliphatic heterocycles. The van der Waals surface area contributed by atoms with Gasteiger partial charge in [-0.05, 0) is 51.1 Å². The maximum Gasteiger partial charge on any atom is 0.0632 e. The first-order valence-corrected chi connectivity index (χ1v) is 6.90. The first kappa shape index (κ1) is 13.1. The molecule has 0 aromatic heterocycles. The fourth-order valence-electron chi connectivity index (χ4n) is 2.43. The van der Waals surface area contributed by atoms with Crippen LogP contribution in [0.1, 0.15) is 39.0 Å². The van der Waals surface area contributed by atoms with Crippen molar-refractivity contribution >= 4 is 0 Å². The molecule has 0 spiro atoms. The van der Waals surface area contributed by atoms with Crippen LogP contribution in [0.15, 0.2) is 12.2 Å². The Hall–Kier alpha value is -0.380. The van der Waals surface area contributed by atoms with Gasteiger partial charge in [0.05, 0.1) is 5.60 Å². The van der Waals surface area contributed by atoms with Crippen molar-refractivity contribution in [2.45, 2.75) is 50.7 Å². The Balaban J connectivity index is 1.68. The molecular weight excluding hydrogens is 212 g/mol. The van der Waals surface area contributed by atoms with Crippen molar-refractivity contribution in [1.82, 2.24) is 10.2 Å². The lowest BCUT2D eigenvalue weighted by molar-refractivity contribution is 0.0449. The number of likely N-dealkylation sites (tertiary alicyclic amines) is 1. The van der Waals surface area contributed by atoms with Gasteiger partial charge in [-0.2, -0.15) is 0 Å². The third-order valence-electron chi connectivity index (χ3n) is 3.82. The summed E-state index contributed by atoms with van der Waals surface area (Å²) in [4.78, 5) is 2.43. The summed E-state index contributed by atoms with van der Waals surface area (Å²) in [6.07, 6.45) is 5.57. The van der Waals surface area contributed by atoms with Gasteiger partial charge in [0.2, 0.25) is 0 Å². The SMILES string of the molecule is C=C(CNC1CC1)CN1CCCC(C)(O)CC1. The summed E-state index contributed by atoms with van der Waals surface area (Å²) >= 11 is 0. The number of rotatable bonds is 5. The Morgan fingerprint density at radius 3 is 2.88 bits per heavy atom. The molecule has 3 nitrogen and oxygen atoms in total. The summed E-state index contributed by atoms with van der Waals surface area (Å²) in [5.74, 6) is 0. The Labute approximate surface area is 105 Å². The third-order valence-corrected chi connectivity index (χ3v) is 3.82. The number of nitrogens with zero attached hydrogens (tertiary/aromatic N) is 1. The summed E-state index contributed by atoms with van der Waals surface area (Å²) in [6, 6.07) is 0.761. The lowest BCUT2D eigenvalue weighted by atomic mass is 9.98. The largest absolute Gasteiger partial charge is 0.390 e. The molecule has 0 aromatic rings. The first-order chi connectivity index (χ1) is 8.05. The molecule has 1 unspecified atom stereocenters. The number of hydrogen-bond acceptors (Lipinski definition) is 3. The van der Waals surface area contributed by atoms with Gasteiger partial charge >= 0.3 is 0 Å². The van der Waals surface area contributed by atoms with E-state index in [0.717, 1.165) is 51.5 Å². The molecule has 98 valence electrons. The highest BCUT2D eigenvalue weighted by Gasteiger charge is 2.25. The molecule has 1 aliphatic carbocycles. The average Bonchev–Trinajstić information content (AvgIpc) is 3.06. The minimum absolute atomic E-state index is 0.456. The second kappa shape index (κ2) is 5.51. The Kier molecular flexibility index (Phi) is 4.23. The lowest BCUT2D eigenvalue weighted by Gasteiger charge is -2.23. The molecule has 0 bridgehead atoms. The van der Waals surface area contributed by atoms with E-state index >= 15 is 0 Å². The minimum atomic E-state index is -0.456. The van der Waals surface area contributed by atoms with Gasteiger partial charge in [0, 0.05) is 25.7 Å². The van der Waals surface area contributed by atoms with Gasteiger partial charge in [-0.1, -0.05) is 6.58 Å². The van der Waals surface area contributed by atoms with E-state index in [4.69, 9.17) is 0 Å². The zero-order chi connectivity index (χ0) is 12.3. The van der Waals surface area contributed by atoms with Crippen LogP contribution in [0.3, 0.4) is 0 Å². The predicted octanol–water partition coefficient (Wildman–Crippen LogP) is 1.53. The number of aliphatic hydroxyl groups is 1. The van der Waals surface area contributed by atoms with Crippen molar-refractivity contribution < 1.29 is 5.11 Å². The molecule has 2 fully saturated rings. The molecule has 1 heterocycles. The van der Waals surface area contributed by atoms with E-state index in [9.17, 15) is 5.11 Å². The highest BCUT2D eigenvalue weighted by molar-refractivity contribution is 5.02. The topological polar surface area (TPSA) is 35.5 Å². The smallest absolute Gasteiger partial charge is 0.0632 e. The molecule has 2 N–H and O–H groups in total. The number of hydrogen-bond donors (Lipinski definition) is 2. The van der Waals surface area contributed by atoms with Crippen molar-refractivity contribution in [3.05, 3.63) is 12.2 Å². The van der Waals surface area contributed by atoms with Crippen molar-refractivity contribution in [3.63, 3.8) is 0 Å². The minimum Gasteiger partial charge on any atom is -0.390 e. The standard InChI is InChI=1S/C14H26N2O/c1-12(10-15-13-4-5-13)11-16-8-3-6-14(2,17)7-9-16/h13,15,17H,1,3-11H2,2H3. The molecule has 2 aliphatic rings. The van der Waals surface area contributed by atoms with Crippen molar-refractivity contribution in [1.29, 1.82) is 0 Å². The summed E-state index contributed by atoms with van der Waals surface area (Å²) in [7, 11) is 0. The van der Waals surface area contributed by atoms with Gasteiger partial charge in [-0.3, -0.25) is 4.90 Å². The van der Waals surface area contributed by atoms with Crippen LogP contribution < -0.4 is 5.32 Å². The highest BCUT2D eigenvalue weighted by Crippen LogP contribution is 2.22. The van der Waals surface area contributed by atoms with Gasteiger partial charge < -0.3 is 10.4 Å². The van der Waals surface area contributed by atoms with Gasteiger partial charge in [0.25, 0.3) is 0 Å². The Morgan fingerprint density at radius 2 is 2.18 bits per heavy atom. The summed E-state index contributed by atoms with van der Waals surface area (Å²) in [6.45, 7) is 10.1. The molecule has 1 saturated carbocycles. The summed E-state index contributed by atoms with van der Waals surface area (Å²) in [5.41, 5.74) is 0.820. The van der Waals surface area contributed by atoms with Crippen LogP contribution in [0, 0.1) is 0 Å². The van der Waals surface area contributed by atoms with Crippen LogP contribution in [0.2, 0.25) is 0 Å². The van der Waals surface area contributed by atoms with Crippen LogP contribution in [-0.2, 0) is 0 Å². The van der Waals surface area contributed by atoms with Crippen molar-refractivity contribution in [2.75, 3.05) is 26.2 Å². The van der Waals surface area contributed by atoms with Crippen LogP contribution >= 0.6 is 0 Å². The lowest BCUT2D eigenvalue weighted by Crippen LogP contribution is -2.32. The van der Waals surface area contributed by atoms with Crippen LogP contribution in [-0.4, -0.2) is 47.8 Å². The molecule has 1 saturated heterocycles. The van der Waals surface area contributed by atoms with Crippen LogP contribution in [0.4, 0.5) is 0 Å². The molecule has 17 heavy (non-hydrogen) atoms. The maximum absolute atomic E-state index is 10.0. The zero-order valence-corrected chi connectivity index (χ0v) is 11.0. The molecule has 2 rings (SSSR count). The number of nitrogens with one attached hydrogen (secondary N) is 1. The first-order valence-electron chi connectivity index (χ1n) is 6.90. The zero-order valence-electron chi connectivity index (χ0n) is 11.0. The fourth-order valence-corrected chi connectivity index (χ4v) is 2.43. The second-order valence-corrected chi connectivity index (χ2v) is 6.03. The Bertz CT molecular complexity index is 271. The van der Waals surface area contributed by atoms with E-state index in [1.54, 1.807) is 0 Å². The maximum atomic E-state index is 10.0. The fraction of sp³-hybridized carbons (Fsp3) is 0.857.